The number of carbonyl (C=O) groups excluding carboxylic acids is 1. The summed E-state index contributed by atoms with van der Waals surface area (Å²) < 4.78 is 8.54. The Labute approximate surface area is 125 Å². The number of ether oxygens (including phenoxy) is 1. The van der Waals surface area contributed by atoms with Gasteiger partial charge in [0.2, 0.25) is 0 Å². The molecule has 0 aliphatic rings. The number of tetrazole rings is 1. The summed E-state index contributed by atoms with van der Waals surface area (Å²) >= 11 is 0. The van der Waals surface area contributed by atoms with E-state index in [1.54, 1.807) is 48.3 Å². The van der Waals surface area contributed by atoms with Gasteiger partial charge in [-0.25, -0.2) is 4.68 Å². The zero-order valence-electron chi connectivity index (χ0n) is 11.7. The van der Waals surface area contributed by atoms with Gasteiger partial charge < -0.3 is 10.1 Å². The molecule has 0 spiro atoms. The fourth-order valence-corrected chi connectivity index (χ4v) is 1.78. The molecule has 22 heavy (non-hydrogen) atoms. The Morgan fingerprint density at radius 2 is 2.09 bits per heavy atom. The molecule has 0 unspecified atom stereocenters. The van der Waals surface area contributed by atoms with Crippen molar-refractivity contribution in [2.45, 2.75) is 0 Å². The van der Waals surface area contributed by atoms with Gasteiger partial charge in [-0.3, -0.25) is 9.48 Å². The first-order valence-electron chi connectivity index (χ1n) is 6.46. The molecule has 3 aromatic rings. The van der Waals surface area contributed by atoms with Gasteiger partial charge in [0.1, 0.15) is 12.1 Å². The predicted molar refractivity (Wildman–Crippen MR) is 76.5 cm³/mol. The Bertz CT molecular complexity index is 749. The highest BCUT2D eigenvalue weighted by atomic mass is 16.5. The van der Waals surface area contributed by atoms with E-state index in [9.17, 15) is 4.79 Å². The van der Waals surface area contributed by atoms with Crippen LogP contribution in [0.25, 0.3) is 5.69 Å². The molecule has 0 saturated carbocycles. The van der Waals surface area contributed by atoms with Crippen molar-refractivity contribution in [3.63, 3.8) is 0 Å². The second-order valence-corrected chi connectivity index (χ2v) is 4.46. The summed E-state index contributed by atoms with van der Waals surface area (Å²) in [5.41, 5.74) is 0.801. The minimum absolute atomic E-state index is 0.0964. The van der Waals surface area contributed by atoms with Crippen LogP contribution in [0.2, 0.25) is 0 Å². The monoisotopic (exact) mass is 299 g/mol. The minimum atomic E-state index is -0.275. The van der Waals surface area contributed by atoms with Crippen LogP contribution >= 0.6 is 0 Å². The number of benzene rings is 1. The molecule has 0 atom stereocenters. The molecule has 9 nitrogen and oxygen atoms in total. The third-order valence-corrected chi connectivity index (χ3v) is 2.80. The maximum Gasteiger partial charge on any atom is 0.263 e. The van der Waals surface area contributed by atoms with E-state index in [4.69, 9.17) is 4.74 Å². The lowest BCUT2D eigenvalue weighted by Crippen LogP contribution is -2.20. The molecule has 1 amide bonds. The van der Waals surface area contributed by atoms with Crippen molar-refractivity contribution in [2.75, 3.05) is 11.9 Å². The number of rotatable bonds is 5. The molecule has 2 heterocycles. The third kappa shape index (κ3) is 3.26. The maximum atomic E-state index is 11.7. The Balaban J connectivity index is 1.54. The van der Waals surface area contributed by atoms with Crippen molar-refractivity contribution in [1.29, 1.82) is 0 Å². The molecule has 3 rings (SSSR count). The number of amides is 1. The van der Waals surface area contributed by atoms with Crippen LogP contribution in [0.4, 0.5) is 5.82 Å². The zero-order valence-corrected chi connectivity index (χ0v) is 11.7. The molecule has 0 bridgehead atoms. The molecular weight excluding hydrogens is 286 g/mol. The molecule has 112 valence electrons. The van der Waals surface area contributed by atoms with Gasteiger partial charge in [0.05, 0.1) is 5.69 Å². The number of hydrogen-bond donors (Lipinski definition) is 1. The standard InChI is InChI=1S/C13H13N7O2/c1-19-7-6-12(16-19)15-13(21)8-22-11-4-2-10(3-5-11)20-9-14-17-18-20/h2-7,9H,8H2,1H3,(H,15,16,21). The zero-order chi connectivity index (χ0) is 15.4. The van der Waals surface area contributed by atoms with Crippen LogP contribution in [0, 0.1) is 0 Å². The van der Waals surface area contributed by atoms with E-state index in [-0.39, 0.29) is 12.5 Å². The van der Waals surface area contributed by atoms with Crippen LogP contribution in [0.15, 0.2) is 42.9 Å². The second kappa shape index (κ2) is 6.04. The summed E-state index contributed by atoms with van der Waals surface area (Å²) in [6.45, 7) is -0.0964. The summed E-state index contributed by atoms with van der Waals surface area (Å²) in [7, 11) is 1.78. The lowest BCUT2D eigenvalue weighted by molar-refractivity contribution is -0.118. The largest absolute Gasteiger partial charge is 0.484 e. The lowest BCUT2D eigenvalue weighted by Gasteiger charge is -2.06. The molecule has 0 fully saturated rings. The van der Waals surface area contributed by atoms with Gasteiger partial charge in [0.15, 0.2) is 12.4 Å². The van der Waals surface area contributed by atoms with Crippen molar-refractivity contribution < 1.29 is 9.53 Å². The van der Waals surface area contributed by atoms with Gasteiger partial charge in [0, 0.05) is 19.3 Å². The number of hydrogen-bond acceptors (Lipinski definition) is 6. The fourth-order valence-electron chi connectivity index (χ4n) is 1.78. The Hall–Kier alpha value is -3.23. The van der Waals surface area contributed by atoms with Gasteiger partial charge in [0.25, 0.3) is 5.91 Å². The molecule has 2 aromatic heterocycles. The predicted octanol–water partition coefficient (Wildman–Crippen LogP) is 0.413. The highest BCUT2D eigenvalue weighted by Crippen LogP contribution is 2.14. The smallest absolute Gasteiger partial charge is 0.263 e. The van der Waals surface area contributed by atoms with Gasteiger partial charge in [-0.1, -0.05) is 0 Å². The van der Waals surface area contributed by atoms with Crippen molar-refractivity contribution >= 4 is 11.7 Å². The van der Waals surface area contributed by atoms with Gasteiger partial charge in [-0.15, -0.1) is 5.10 Å². The van der Waals surface area contributed by atoms with Crippen LogP contribution in [0.3, 0.4) is 0 Å². The Morgan fingerprint density at radius 3 is 2.73 bits per heavy atom. The number of aryl methyl sites for hydroxylation is 1. The second-order valence-electron chi connectivity index (χ2n) is 4.46. The number of carbonyl (C=O) groups is 1. The summed E-state index contributed by atoms with van der Waals surface area (Å²) in [6.07, 6.45) is 3.24. The van der Waals surface area contributed by atoms with Crippen LogP contribution in [0.1, 0.15) is 0 Å². The number of anilines is 1. The molecule has 9 heteroatoms. The van der Waals surface area contributed by atoms with Gasteiger partial charge >= 0.3 is 0 Å². The third-order valence-electron chi connectivity index (χ3n) is 2.80. The van der Waals surface area contributed by atoms with Crippen LogP contribution in [-0.4, -0.2) is 42.5 Å². The van der Waals surface area contributed by atoms with E-state index in [0.717, 1.165) is 5.69 Å². The molecule has 1 N–H and O–H groups in total. The normalized spacial score (nSPS) is 10.4. The SMILES string of the molecule is Cn1ccc(NC(=O)COc2ccc(-n3cnnn3)cc2)n1. The van der Waals surface area contributed by atoms with Crippen LogP contribution in [0.5, 0.6) is 5.75 Å². The first-order chi connectivity index (χ1) is 10.7. The highest BCUT2D eigenvalue weighted by Gasteiger charge is 2.06. The van der Waals surface area contributed by atoms with E-state index in [1.807, 2.05) is 0 Å². The highest BCUT2D eigenvalue weighted by molar-refractivity contribution is 5.90. The quantitative estimate of drug-likeness (QED) is 0.732. The number of aromatic nitrogens is 6. The topological polar surface area (TPSA) is 99.8 Å². The number of nitrogens with one attached hydrogen (secondary N) is 1. The van der Waals surface area contributed by atoms with E-state index >= 15 is 0 Å². The van der Waals surface area contributed by atoms with E-state index in [1.165, 1.54) is 11.0 Å². The van der Waals surface area contributed by atoms with Crippen molar-refractivity contribution in [3.8, 4) is 11.4 Å². The number of nitrogens with zero attached hydrogens (tertiary/aromatic N) is 6. The first kappa shape index (κ1) is 13.7. The Kier molecular flexibility index (Phi) is 3.77. The molecular formula is C13H13N7O2. The average Bonchev–Trinajstić information content (AvgIpc) is 3.18. The first-order valence-corrected chi connectivity index (χ1v) is 6.46. The van der Waals surface area contributed by atoms with Gasteiger partial charge in [-0.05, 0) is 34.7 Å². The maximum absolute atomic E-state index is 11.7. The summed E-state index contributed by atoms with van der Waals surface area (Å²) in [5.74, 6) is 0.793. The van der Waals surface area contributed by atoms with Crippen molar-refractivity contribution in [1.82, 2.24) is 30.0 Å². The molecule has 0 saturated heterocycles. The van der Waals surface area contributed by atoms with Crippen LogP contribution < -0.4 is 10.1 Å². The van der Waals surface area contributed by atoms with Crippen LogP contribution in [-0.2, 0) is 11.8 Å². The van der Waals surface area contributed by atoms with E-state index in [0.29, 0.717) is 11.6 Å². The van der Waals surface area contributed by atoms with Crippen molar-refractivity contribution in [3.05, 3.63) is 42.9 Å². The molecule has 0 aliphatic carbocycles. The lowest BCUT2D eigenvalue weighted by atomic mass is 10.3. The van der Waals surface area contributed by atoms with Gasteiger partial charge in [-0.2, -0.15) is 5.10 Å². The molecule has 0 aliphatic heterocycles. The van der Waals surface area contributed by atoms with Crippen molar-refractivity contribution in [2.24, 2.45) is 7.05 Å². The molecule has 0 radical (unpaired) electrons. The fraction of sp³-hybridized carbons (Fsp3) is 0.154. The average molecular weight is 299 g/mol. The Morgan fingerprint density at radius 1 is 1.27 bits per heavy atom. The summed E-state index contributed by atoms with van der Waals surface area (Å²) in [5, 5.41) is 17.6. The van der Waals surface area contributed by atoms with E-state index in [2.05, 4.69) is 25.9 Å². The molecule has 1 aromatic carbocycles. The van der Waals surface area contributed by atoms with E-state index < -0.39 is 0 Å². The minimum Gasteiger partial charge on any atom is -0.484 e. The summed E-state index contributed by atoms with van der Waals surface area (Å²) in [4.78, 5) is 11.7. The summed E-state index contributed by atoms with van der Waals surface area (Å²) in [6, 6.07) is 8.78.